The third-order valence-corrected chi connectivity index (χ3v) is 3.78. The lowest BCUT2D eigenvalue weighted by atomic mass is 10.1. The van der Waals surface area contributed by atoms with Crippen molar-refractivity contribution in [2.75, 3.05) is 13.2 Å². The molecule has 2 rings (SSSR count). The Morgan fingerprint density at radius 3 is 2.38 bits per heavy atom. The lowest BCUT2D eigenvalue weighted by Crippen LogP contribution is -2.32. The zero-order valence-electron chi connectivity index (χ0n) is 13.5. The van der Waals surface area contributed by atoms with Gasteiger partial charge in [0.2, 0.25) is 0 Å². The first kappa shape index (κ1) is 16.3. The Morgan fingerprint density at radius 2 is 1.81 bits per heavy atom. The minimum atomic E-state index is -0.166. The van der Waals surface area contributed by atoms with E-state index >= 15 is 0 Å². The van der Waals surface area contributed by atoms with E-state index in [4.69, 9.17) is 14.2 Å². The van der Waals surface area contributed by atoms with Crippen molar-refractivity contribution in [2.24, 2.45) is 5.92 Å². The SMILES string of the molecule is CCc1ccc(OC(CC(C)C)OC2CCOCC2)cc1. The van der Waals surface area contributed by atoms with Gasteiger partial charge in [0.15, 0.2) is 6.29 Å². The topological polar surface area (TPSA) is 27.7 Å². The van der Waals surface area contributed by atoms with Gasteiger partial charge in [-0.25, -0.2) is 0 Å². The standard InChI is InChI=1S/C18H28O3/c1-4-15-5-7-16(8-6-15)20-18(13-14(2)3)21-17-9-11-19-12-10-17/h5-8,14,17-18H,4,9-13H2,1-3H3. The van der Waals surface area contributed by atoms with Gasteiger partial charge in [0.25, 0.3) is 0 Å². The predicted octanol–water partition coefficient (Wildman–Crippen LogP) is 4.20. The molecule has 1 aliphatic heterocycles. The van der Waals surface area contributed by atoms with E-state index in [0.717, 1.165) is 44.6 Å². The van der Waals surface area contributed by atoms with Crippen LogP contribution in [0.1, 0.15) is 45.6 Å². The number of rotatable bonds is 7. The normalized spacial score (nSPS) is 17.9. The molecule has 3 nitrogen and oxygen atoms in total. The summed E-state index contributed by atoms with van der Waals surface area (Å²) < 4.78 is 17.6. The lowest BCUT2D eigenvalue weighted by molar-refractivity contribution is -0.149. The average molecular weight is 292 g/mol. The second kappa shape index (κ2) is 8.40. The molecule has 0 N–H and O–H groups in total. The molecular formula is C18H28O3. The Kier molecular flexibility index (Phi) is 6.52. The lowest BCUT2D eigenvalue weighted by Gasteiger charge is -2.29. The largest absolute Gasteiger partial charge is 0.465 e. The van der Waals surface area contributed by atoms with Gasteiger partial charge in [-0.1, -0.05) is 32.9 Å². The molecule has 1 aromatic carbocycles. The summed E-state index contributed by atoms with van der Waals surface area (Å²) in [4.78, 5) is 0. The number of hydrogen-bond donors (Lipinski definition) is 0. The van der Waals surface area contributed by atoms with Gasteiger partial charge in [0.1, 0.15) is 5.75 Å². The highest BCUT2D eigenvalue weighted by atomic mass is 16.7. The quantitative estimate of drug-likeness (QED) is 0.705. The minimum Gasteiger partial charge on any atom is -0.465 e. The first-order chi connectivity index (χ1) is 10.2. The van der Waals surface area contributed by atoms with Gasteiger partial charge in [0.05, 0.1) is 6.10 Å². The highest BCUT2D eigenvalue weighted by Crippen LogP contribution is 2.21. The van der Waals surface area contributed by atoms with Gasteiger partial charge in [-0.2, -0.15) is 0 Å². The summed E-state index contributed by atoms with van der Waals surface area (Å²) in [6, 6.07) is 8.32. The fourth-order valence-corrected chi connectivity index (χ4v) is 2.50. The van der Waals surface area contributed by atoms with Crippen LogP contribution in [0.15, 0.2) is 24.3 Å². The highest BCUT2D eigenvalue weighted by Gasteiger charge is 2.21. The molecule has 1 heterocycles. The zero-order valence-corrected chi connectivity index (χ0v) is 13.5. The summed E-state index contributed by atoms with van der Waals surface area (Å²) in [5.74, 6) is 1.44. The Morgan fingerprint density at radius 1 is 1.14 bits per heavy atom. The van der Waals surface area contributed by atoms with Crippen LogP contribution in [0.3, 0.4) is 0 Å². The van der Waals surface area contributed by atoms with E-state index in [9.17, 15) is 0 Å². The second-order valence-corrected chi connectivity index (χ2v) is 6.12. The Bertz CT molecular complexity index is 393. The number of ether oxygens (including phenoxy) is 3. The summed E-state index contributed by atoms with van der Waals surface area (Å²) in [6.07, 6.45) is 3.98. The van der Waals surface area contributed by atoms with Gasteiger partial charge in [-0.15, -0.1) is 0 Å². The third kappa shape index (κ3) is 5.68. The van der Waals surface area contributed by atoms with Crippen molar-refractivity contribution >= 4 is 0 Å². The molecular weight excluding hydrogens is 264 g/mol. The fraction of sp³-hybridized carbons (Fsp3) is 0.667. The van der Waals surface area contributed by atoms with Crippen LogP contribution >= 0.6 is 0 Å². The van der Waals surface area contributed by atoms with Crippen LogP contribution in [-0.2, 0) is 15.9 Å². The van der Waals surface area contributed by atoms with E-state index in [1.807, 2.05) is 12.1 Å². The van der Waals surface area contributed by atoms with Crippen molar-refractivity contribution in [3.8, 4) is 5.75 Å². The Labute approximate surface area is 128 Å². The number of benzene rings is 1. The summed E-state index contributed by atoms with van der Waals surface area (Å²) >= 11 is 0. The molecule has 3 heteroatoms. The van der Waals surface area contributed by atoms with Crippen molar-refractivity contribution in [2.45, 2.75) is 58.8 Å². The number of aryl methyl sites for hydroxylation is 1. The first-order valence-electron chi connectivity index (χ1n) is 8.16. The molecule has 0 aromatic heterocycles. The zero-order chi connectivity index (χ0) is 15.1. The smallest absolute Gasteiger partial charge is 0.200 e. The third-order valence-electron chi connectivity index (χ3n) is 3.78. The molecule has 0 bridgehead atoms. The molecule has 0 radical (unpaired) electrons. The Hall–Kier alpha value is -1.06. The van der Waals surface area contributed by atoms with Crippen molar-refractivity contribution in [3.63, 3.8) is 0 Å². The van der Waals surface area contributed by atoms with E-state index in [-0.39, 0.29) is 12.4 Å². The van der Waals surface area contributed by atoms with E-state index in [0.29, 0.717) is 5.92 Å². The summed E-state index contributed by atoms with van der Waals surface area (Å²) in [5, 5.41) is 0. The molecule has 1 aliphatic rings. The van der Waals surface area contributed by atoms with Gasteiger partial charge < -0.3 is 14.2 Å². The molecule has 1 saturated heterocycles. The molecule has 0 spiro atoms. The van der Waals surface area contributed by atoms with Crippen LogP contribution < -0.4 is 4.74 Å². The first-order valence-corrected chi connectivity index (χ1v) is 8.16. The van der Waals surface area contributed by atoms with E-state index in [2.05, 4.69) is 32.9 Å². The molecule has 0 amide bonds. The summed E-state index contributed by atoms with van der Waals surface area (Å²) in [5.41, 5.74) is 1.33. The molecule has 0 saturated carbocycles. The van der Waals surface area contributed by atoms with Gasteiger partial charge in [-0.3, -0.25) is 0 Å². The molecule has 1 aromatic rings. The van der Waals surface area contributed by atoms with E-state index < -0.39 is 0 Å². The maximum atomic E-state index is 6.16. The van der Waals surface area contributed by atoms with Crippen molar-refractivity contribution in [1.29, 1.82) is 0 Å². The highest BCUT2D eigenvalue weighted by molar-refractivity contribution is 5.27. The van der Waals surface area contributed by atoms with Gasteiger partial charge in [-0.05, 0) is 42.9 Å². The maximum Gasteiger partial charge on any atom is 0.200 e. The van der Waals surface area contributed by atoms with Crippen LogP contribution in [-0.4, -0.2) is 25.6 Å². The average Bonchev–Trinajstić information content (AvgIpc) is 2.48. The maximum absolute atomic E-state index is 6.16. The van der Waals surface area contributed by atoms with Crippen LogP contribution in [0.2, 0.25) is 0 Å². The van der Waals surface area contributed by atoms with Crippen LogP contribution in [0.25, 0.3) is 0 Å². The summed E-state index contributed by atoms with van der Waals surface area (Å²) in [7, 11) is 0. The van der Waals surface area contributed by atoms with E-state index in [1.54, 1.807) is 0 Å². The van der Waals surface area contributed by atoms with Crippen molar-refractivity contribution in [3.05, 3.63) is 29.8 Å². The monoisotopic (exact) mass is 292 g/mol. The molecule has 118 valence electrons. The van der Waals surface area contributed by atoms with Crippen molar-refractivity contribution in [1.82, 2.24) is 0 Å². The predicted molar refractivity (Wildman–Crippen MR) is 84.6 cm³/mol. The minimum absolute atomic E-state index is 0.166. The van der Waals surface area contributed by atoms with Crippen LogP contribution in [0.4, 0.5) is 0 Å². The van der Waals surface area contributed by atoms with Gasteiger partial charge >= 0.3 is 0 Å². The Balaban J connectivity index is 1.93. The molecule has 0 aliphatic carbocycles. The van der Waals surface area contributed by atoms with Crippen LogP contribution in [0, 0.1) is 5.92 Å². The molecule has 1 fully saturated rings. The molecule has 21 heavy (non-hydrogen) atoms. The van der Waals surface area contributed by atoms with Gasteiger partial charge in [0, 0.05) is 19.6 Å². The number of hydrogen-bond acceptors (Lipinski definition) is 3. The van der Waals surface area contributed by atoms with Crippen molar-refractivity contribution < 1.29 is 14.2 Å². The second-order valence-electron chi connectivity index (χ2n) is 6.12. The summed E-state index contributed by atoms with van der Waals surface area (Å²) in [6.45, 7) is 8.15. The fourth-order valence-electron chi connectivity index (χ4n) is 2.50. The molecule has 1 unspecified atom stereocenters. The molecule has 1 atom stereocenters. The van der Waals surface area contributed by atoms with E-state index in [1.165, 1.54) is 5.56 Å². The van der Waals surface area contributed by atoms with Crippen LogP contribution in [0.5, 0.6) is 5.75 Å².